The van der Waals surface area contributed by atoms with Crippen molar-refractivity contribution in [2.24, 2.45) is 0 Å². The van der Waals surface area contributed by atoms with Crippen LogP contribution in [0, 0.1) is 16.7 Å². The van der Waals surface area contributed by atoms with E-state index >= 15 is 0 Å². The molecule has 3 rings (SSSR count). The van der Waals surface area contributed by atoms with E-state index in [4.69, 9.17) is 22.3 Å². The summed E-state index contributed by atoms with van der Waals surface area (Å²) in [5.41, 5.74) is 2.79. The quantitative estimate of drug-likeness (QED) is 0.702. The fraction of sp³-hybridized carbons (Fsp3) is 0. The van der Waals surface area contributed by atoms with Crippen LogP contribution in [0.15, 0.2) is 60.8 Å². The summed E-state index contributed by atoms with van der Waals surface area (Å²) in [5, 5.41) is 20.7. The van der Waals surface area contributed by atoms with Gasteiger partial charge in [0.25, 0.3) is 0 Å². The van der Waals surface area contributed by atoms with E-state index in [0.717, 1.165) is 5.69 Å². The zero-order valence-corrected chi connectivity index (χ0v) is 13.2. The van der Waals surface area contributed by atoms with Gasteiger partial charge in [-0.25, -0.2) is 9.97 Å². The molecular weight excluding hydrogens is 322 g/mol. The minimum Gasteiger partial charge on any atom is -0.324 e. The predicted molar refractivity (Wildman–Crippen MR) is 93.9 cm³/mol. The third kappa shape index (κ3) is 3.57. The first-order valence-corrected chi connectivity index (χ1v) is 7.48. The number of halogens is 1. The number of aromatic nitrogens is 2. The Balaban J connectivity index is 1.83. The van der Waals surface area contributed by atoms with Crippen LogP contribution in [0.3, 0.4) is 0 Å². The van der Waals surface area contributed by atoms with Crippen LogP contribution < -0.4 is 5.32 Å². The van der Waals surface area contributed by atoms with E-state index in [2.05, 4.69) is 21.4 Å². The van der Waals surface area contributed by atoms with Crippen molar-refractivity contribution in [2.75, 3.05) is 5.32 Å². The van der Waals surface area contributed by atoms with Gasteiger partial charge in [0.15, 0.2) is 0 Å². The van der Waals surface area contributed by atoms with Crippen LogP contribution in [-0.4, -0.2) is 15.7 Å². The molecule has 1 aromatic heterocycles. The van der Waals surface area contributed by atoms with E-state index in [1.54, 1.807) is 54.7 Å². The lowest BCUT2D eigenvalue weighted by Crippen LogP contribution is -2.07. The molecule has 0 bridgehead atoms. The van der Waals surface area contributed by atoms with Crippen molar-refractivity contribution < 1.29 is 0 Å². The van der Waals surface area contributed by atoms with Crippen molar-refractivity contribution in [1.29, 1.82) is 10.7 Å². The minimum absolute atomic E-state index is 0.266. The van der Waals surface area contributed by atoms with Gasteiger partial charge in [0.2, 0.25) is 5.95 Å². The molecule has 24 heavy (non-hydrogen) atoms. The molecule has 5 nitrogen and oxygen atoms in total. The number of nitrogens with one attached hydrogen (secondary N) is 2. The highest BCUT2D eigenvalue weighted by Crippen LogP contribution is 2.16. The van der Waals surface area contributed by atoms with Crippen LogP contribution >= 0.6 is 11.6 Å². The number of anilines is 2. The summed E-state index contributed by atoms with van der Waals surface area (Å²) in [6.07, 6.45) is 1.59. The zero-order chi connectivity index (χ0) is 16.9. The maximum atomic E-state index is 8.82. The fourth-order valence-electron chi connectivity index (χ4n) is 2.11. The summed E-state index contributed by atoms with van der Waals surface area (Å²) in [6, 6.07) is 17.8. The maximum Gasteiger partial charge on any atom is 0.227 e. The highest BCUT2D eigenvalue weighted by atomic mass is 35.5. The molecule has 0 saturated heterocycles. The van der Waals surface area contributed by atoms with Gasteiger partial charge < -0.3 is 5.32 Å². The van der Waals surface area contributed by atoms with Crippen LogP contribution in [0.4, 0.5) is 11.6 Å². The molecule has 6 heteroatoms. The smallest absolute Gasteiger partial charge is 0.227 e. The largest absolute Gasteiger partial charge is 0.324 e. The highest BCUT2D eigenvalue weighted by Gasteiger charge is 2.08. The number of benzene rings is 2. The summed E-state index contributed by atoms with van der Waals surface area (Å²) in [4.78, 5) is 8.52. The third-order valence-electron chi connectivity index (χ3n) is 3.30. The minimum atomic E-state index is 0.266. The van der Waals surface area contributed by atoms with E-state index in [9.17, 15) is 0 Å². The number of hydrogen-bond donors (Lipinski definition) is 2. The molecule has 0 unspecified atom stereocenters. The first-order valence-electron chi connectivity index (χ1n) is 7.11. The van der Waals surface area contributed by atoms with Crippen molar-refractivity contribution in [3.05, 3.63) is 82.6 Å². The number of hydrogen-bond acceptors (Lipinski definition) is 5. The van der Waals surface area contributed by atoms with Gasteiger partial charge in [-0.15, -0.1) is 0 Å². The summed E-state index contributed by atoms with van der Waals surface area (Å²) < 4.78 is 0. The molecular formula is C18H12ClN5. The second kappa shape index (κ2) is 6.90. The summed E-state index contributed by atoms with van der Waals surface area (Å²) in [6.45, 7) is 0. The second-order valence-corrected chi connectivity index (χ2v) is 5.40. The molecule has 3 aromatic rings. The normalized spacial score (nSPS) is 10.0. The van der Waals surface area contributed by atoms with Gasteiger partial charge in [-0.1, -0.05) is 23.7 Å². The van der Waals surface area contributed by atoms with Crippen LogP contribution in [0.2, 0.25) is 5.02 Å². The van der Waals surface area contributed by atoms with Gasteiger partial charge in [-0.05, 0) is 42.5 Å². The van der Waals surface area contributed by atoms with Crippen molar-refractivity contribution in [1.82, 2.24) is 9.97 Å². The number of nitriles is 1. The van der Waals surface area contributed by atoms with E-state index in [0.29, 0.717) is 27.8 Å². The van der Waals surface area contributed by atoms with Gasteiger partial charge >= 0.3 is 0 Å². The van der Waals surface area contributed by atoms with Gasteiger partial charge in [0, 0.05) is 22.5 Å². The van der Waals surface area contributed by atoms with E-state index in [1.807, 2.05) is 6.07 Å². The van der Waals surface area contributed by atoms with Crippen LogP contribution in [0.25, 0.3) is 0 Å². The average molecular weight is 334 g/mol. The predicted octanol–water partition coefficient (Wildman–Crippen LogP) is 4.16. The monoisotopic (exact) mass is 333 g/mol. The summed E-state index contributed by atoms with van der Waals surface area (Å²) in [5.74, 6) is 0.379. The molecule has 0 aliphatic heterocycles. The van der Waals surface area contributed by atoms with Gasteiger partial charge in [0.05, 0.1) is 23.0 Å². The molecule has 1 heterocycles. The van der Waals surface area contributed by atoms with Crippen LogP contribution in [-0.2, 0) is 0 Å². The van der Waals surface area contributed by atoms with E-state index in [-0.39, 0.29) is 5.71 Å². The van der Waals surface area contributed by atoms with Gasteiger partial charge in [-0.2, -0.15) is 5.26 Å². The third-order valence-corrected chi connectivity index (χ3v) is 3.53. The molecule has 0 fully saturated rings. The second-order valence-electron chi connectivity index (χ2n) is 4.96. The molecule has 0 atom stereocenters. The molecule has 0 aliphatic carbocycles. The van der Waals surface area contributed by atoms with Gasteiger partial charge in [0.1, 0.15) is 0 Å². The van der Waals surface area contributed by atoms with E-state index in [1.165, 1.54) is 0 Å². The summed E-state index contributed by atoms with van der Waals surface area (Å²) in [7, 11) is 0. The lowest BCUT2D eigenvalue weighted by molar-refractivity contribution is 1.14. The molecule has 0 amide bonds. The van der Waals surface area contributed by atoms with Crippen LogP contribution in [0.1, 0.15) is 16.8 Å². The van der Waals surface area contributed by atoms with Crippen molar-refractivity contribution in [3.63, 3.8) is 0 Å². The zero-order valence-electron chi connectivity index (χ0n) is 12.5. The molecule has 0 radical (unpaired) electrons. The molecule has 0 saturated carbocycles. The Kier molecular flexibility index (Phi) is 4.50. The standard InChI is InChI=1S/C18H12ClN5/c19-14-3-1-2-13(10-14)17(21)16-8-9-22-18(24-16)23-15-6-4-12(11-20)5-7-15/h1-10,21H,(H,22,23,24). The molecule has 2 N–H and O–H groups in total. The average Bonchev–Trinajstić information content (AvgIpc) is 2.62. The first kappa shape index (κ1) is 15.7. The number of nitrogens with zero attached hydrogens (tertiary/aromatic N) is 3. The Morgan fingerprint density at radius 3 is 2.62 bits per heavy atom. The van der Waals surface area contributed by atoms with Crippen molar-refractivity contribution in [3.8, 4) is 6.07 Å². The lowest BCUT2D eigenvalue weighted by atomic mass is 10.1. The lowest BCUT2D eigenvalue weighted by Gasteiger charge is -2.08. The van der Waals surface area contributed by atoms with Crippen LogP contribution in [0.5, 0.6) is 0 Å². The van der Waals surface area contributed by atoms with Crippen molar-refractivity contribution in [2.45, 2.75) is 0 Å². The Morgan fingerprint density at radius 2 is 1.92 bits per heavy atom. The number of rotatable bonds is 4. The topological polar surface area (TPSA) is 85.5 Å². The van der Waals surface area contributed by atoms with E-state index < -0.39 is 0 Å². The molecule has 0 aliphatic rings. The highest BCUT2D eigenvalue weighted by molar-refractivity contribution is 6.31. The Morgan fingerprint density at radius 1 is 1.12 bits per heavy atom. The Labute approximate surface area is 144 Å². The first-order chi connectivity index (χ1) is 11.7. The summed E-state index contributed by atoms with van der Waals surface area (Å²) >= 11 is 5.98. The Bertz CT molecular complexity index is 929. The molecule has 116 valence electrons. The van der Waals surface area contributed by atoms with Gasteiger partial charge in [-0.3, -0.25) is 5.41 Å². The van der Waals surface area contributed by atoms with Crippen molar-refractivity contribution >= 4 is 28.9 Å². The Hall–Kier alpha value is -3.23. The fourth-order valence-corrected chi connectivity index (χ4v) is 2.30. The molecule has 0 spiro atoms. The molecule has 2 aromatic carbocycles. The SMILES string of the molecule is N#Cc1ccc(Nc2nccc(C(=N)c3cccc(Cl)c3)n2)cc1. The maximum absolute atomic E-state index is 8.82.